The fraction of sp³-hybridized carbons (Fsp3) is 0.576. The second-order valence-corrected chi connectivity index (χ2v) is 13.5. The summed E-state index contributed by atoms with van der Waals surface area (Å²) in [6.07, 6.45) is 14.8. The number of nitrogens with one attached hydrogen (secondary N) is 1. The molecule has 3 nitrogen and oxygen atoms in total. The second kappa shape index (κ2) is 7.34. The summed E-state index contributed by atoms with van der Waals surface area (Å²) in [5.74, 6) is 1.20. The van der Waals surface area contributed by atoms with Crippen LogP contribution >= 0.6 is 0 Å². The highest BCUT2D eigenvalue weighted by molar-refractivity contribution is 5.83. The van der Waals surface area contributed by atoms with Gasteiger partial charge in [-0.05, 0) is 103 Å². The third-order valence-corrected chi connectivity index (χ3v) is 11.3. The zero-order chi connectivity index (χ0) is 24.2. The van der Waals surface area contributed by atoms with E-state index in [1.807, 2.05) is 0 Å². The summed E-state index contributed by atoms with van der Waals surface area (Å²) in [6, 6.07) is 16.6. The molecule has 2 spiro atoms. The summed E-state index contributed by atoms with van der Waals surface area (Å²) in [4.78, 5) is 0. The minimum absolute atomic E-state index is 0.0481. The Bertz CT molecular complexity index is 1310. The minimum Gasteiger partial charge on any atom is -0.377 e. The maximum absolute atomic E-state index is 7.50. The lowest BCUT2D eigenvalue weighted by molar-refractivity contribution is -0.140. The molecule has 1 N–H and O–H groups in total. The van der Waals surface area contributed by atoms with Gasteiger partial charge in [-0.2, -0.15) is 0 Å². The van der Waals surface area contributed by atoms with E-state index < -0.39 is 0 Å². The van der Waals surface area contributed by atoms with Gasteiger partial charge in [0.2, 0.25) is 0 Å². The van der Waals surface area contributed by atoms with E-state index in [0.717, 1.165) is 19.6 Å². The Morgan fingerprint density at radius 3 is 2.64 bits per heavy atom. The first-order chi connectivity index (χ1) is 17.4. The summed E-state index contributed by atoms with van der Waals surface area (Å²) in [5, 5.41) is 6.68. The Morgan fingerprint density at radius 2 is 1.81 bits per heavy atom. The smallest absolute Gasteiger partial charge is 0.0974 e. The normalized spacial score (nSPS) is 42.1. The van der Waals surface area contributed by atoms with Crippen LogP contribution in [0, 0.1) is 11.3 Å². The molecule has 4 fully saturated rings. The Morgan fingerprint density at radius 1 is 0.944 bits per heavy atom. The first-order valence-corrected chi connectivity index (χ1v) is 14.4. The van der Waals surface area contributed by atoms with Crippen LogP contribution in [0.5, 0.6) is 0 Å². The molecule has 2 unspecified atom stereocenters. The number of ether oxygens (including phenoxy) is 2. The first kappa shape index (κ1) is 22.1. The van der Waals surface area contributed by atoms with Crippen LogP contribution in [0.4, 0.5) is 0 Å². The van der Waals surface area contributed by atoms with E-state index >= 15 is 0 Å². The molecule has 2 saturated carbocycles. The summed E-state index contributed by atoms with van der Waals surface area (Å²) >= 11 is 0. The third kappa shape index (κ3) is 2.91. The van der Waals surface area contributed by atoms with Crippen molar-refractivity contribution in [2.45, 2.75) is 93.9 Å². The van der Waals surface area contributed by atoms with Crippen LogP contribution in [-0.2, 0) is 9.47 Å². The van der Waals surface area contributed by atoms with E-state index in [4.69, 9.17) is 9.47 Å². The third-order valence-electron chi connectivity index (χ3n) is 11.3. The van der Waals surface area contributed by atoms with Gasteiger partial charge in [0.15, 0.2) is 0 Å². The zero-order valence-electron chi connectivity index (χ0n) is 21.8. The van der Waals surface area contributed by atoms with Gasteiger partial charge in [-0.3, -0.25) is 0 Å². The molecule has 2 bridgehead atoms. The van der Waals surface area contributed by atoms with Gasteiger partial charge in [-0.25, -0.2) is 0 Å². The van der Waals surface area contributed by atoms with Crippen LogP contribution < -0.4 is 5.32 Å². The second-order valence-electron chi connectivity index (χ2n) is 13.5. The largest absolute Gasteiger partial charge is 0.377 e. The molecule has 0 radical (unpaired) electrons. The SMILES string of the molecule is CC1(N[C@H]2CCC3=CC4=CC[C@]5(C)C(c6ccc7ccccc7c6)CC[C@H]5C45CC[C@]3(C2)O5)COC1. The van der Waals surface area contributed by atoms with Crippen molar-refractivity contribution in [3.63, 3.8) is 0 Å². The standard InChI is InChI=1S/C33H39NO2/c1-30(20-35-21-30)34-27-10-9-25-18-26-13-14-31(2)28(24-8-7-22-5-3-4-6-23(22)17-24)11-12-29(31)33(26)16-15-32(25,19-27)36-33/h3-8,13,17-18,27-29,34H,9-12,14-16,19-21H2,1-2H3/t27-,28?,29+,31+,32+,33?/m0/s1. The molecule has 188 valence electrons. The quantitative estimate of drug-likeness (QED) is 0.521. The van der Waals surface area contributed by atoms with Crippen molar-refractivity contribution in [2.75, 3.05) is 13.2 Å². The molecule has 2 aromatic carbocycles. The molecular weight excluding hydrogens is 442 g/mol. The molecule has 8 rings (SSSR count). The highest BCUT2D eigenvalue weighted by Gasteiger charge is 2.66. The van der Waals surface area contributed by atoms with Crippen molar-refractivity contribution in [1.29, 1.82) is 0 Å². The van der Waals surface area contributed by atoms with Gasteiger partial charge in [0.1, 0.15) is 0 Å². The van der Waals surface area contributed by atoms with Crippen LogP contribution in [-0.4, -0.2) is 36.0 Å². The van der Waals surface area contributed by atoms with Crippen LogP contribution in [0.2, 0.25) is 0 Å². The molecule has 2 aromatic rings. The number of rotatable bonds is 3. The van der Waals surface area contributed by atoms with Gasteiger partial charge in [0.05, 0.1) is 30.0 Å². The van der Waals surface area contributed by atoms with E-state index in [0.29, 0.717) is 17.9 Å². The zero-order valence-corrected chi connectivity index (χ0v) is 21.8. The fourth-order valence-electron chi connectivity index (χ4n) is 9.49. The number of hydrogen-bond donors (Lipinski definition) is 1. The van der Waals surface area contributed by atoms with Gasteiger partial charge in [-0.1, -0.05) is 61.5 Å². The predicted octanol–water partition coefficient (Wildman–Crippen LogP) is 6.83. The average Bonchev–Trinajstić information content (AvgIpc) is 3.38. The van der Waals surface area contributed by atoms with Crippen LogP contribution in [0.15, 0.2) is 65.8 Å². The highest BCUT2D eigenvalue weighted by Crippen LogP contribution is 2.69. The number of hydrogen-bond acceptors (Lipinski definition) is 3. The van der Waals surface area contributed by atoms with Crippen molar-refractivity contribution in [2.24, 2.45) is 11.3 Å². The van der Waals surface area contributed by atoms with Gasteiger partial charge in [-0.15, -0.1) is 0 Å². The highest BCUT2D eigenvalue weighted by atomic mass is 16.5. The van der Waals surface area contributed by atoms with E-state index in [9.17, 15) is 0 Å². The first-order valence-electron chi connectivity index (χ1n) is 14.4. The number of allylic oxidation sites excluding steroid dienone is 1. The van der Waals surface area contributed by atoms with Gasteiger partial charge in [0, 0.05) is 6.04 Å². The molecule has 3 aliphatic carbocycles. The summed E-state index contributed by atoms with van der Waals surface area (Å²) in [7, 11) is 0. The molecule has 2 saturated heterocycles. The molecule has 3 heteroatoms. The van der Waals surface area contributed by atoms with Crippen molar-refractivity contribution >= 4 is 10.8 Å². The van der Waals surface area contributed by atoms with Gasteiger partial charge < -0.3 is 14.8 Å². The lowest BCUT2D eigenvalue weighted by Crippen LogP contribution is -2.63. The summed E-state index contributed by atoms with van der Waals surface area (Å²) < 4.78 is 13.0. The van der Waals surface area contributed by atoms with Crippen LogP contribution in [0.1, 0.15) is 76.7 Å². The van der Waals surface area contributed by atoms with E-state index in [2.05, 4.69) is 73.8 Å². The van der Waals surface area contributed by atoms with Crippen LogP contribution in [0.25, 0.3) is 10.8 Å². The number of benzene rings is 2. The Kier molecular flexibility index (Phi) is 4.50. The number of fused-ring (bicyclic) bond motifs is 2. The average molecular weight is 482 g/mol. The van der Waals surface area contributed by atoms with E-state index in [1.165, 1.54) is 66.9 Å². The summed E-state index contributed by atoms with van der Waals surface area (Å²) in [6.45, 7) is 6.58. The molecule has 0 aromatic heterocycles. The molecule has 6 aliphatic rings. The van der Waals surface area contributed by atoms with E-state index in [1.54, 1.807) is 5.57 Å². The molecule has 0 amide bonds. The molecule has 36 heavy (non-hydrogen) atoms. The van der Waals surface area contributed by atoms with Crippen molar-refractivity contribution in [3.8, 4) is 0 Å². The summed E-state index contributed by atoms with van der Waals surface area (Å²) in [5.41, 5.74) is 4.93. The fourth-order valence-corrected chi connectivity index (χ4v) is 9.49. The van der Waals surface area contributed by atoms with Gasteiger partial charge >= 0.3 is 0 Å². The van der Waals surface area contributed by atoms with Crippen molar-refractivity contribution in [1.82, 2.24) is 5.32 Å². The van der Waals surface area contributed by atoms with Crippen molar-refractivity contribution in [3.05, 3.63) is 71.3 Å². The Balaban J connectivity index is 1.13. The maximum atomic E-state index is 7.50. The molecule has 6 atom stereocenters. The lowest BCUT2D eigenvalue weighted by atomic mass is 9.58. The monoisotopic (exact) mass is 481 g/mol. The molecule has 3 heterocycles. The molecular formula is C33H39NO2. The predicted molar refractivity (Wildman–Crippen MR) is 144 cm³/mol. The topological polar surface area (TPSA) is 30.5 Å². The Labute approximate surface area is 215 Å². The van der Waals surface area contributed by atoms with Gasteiger partial charge in [0.25, 0.3) is 0 Å². The maximum Gasteiger partial charge on any atom is 0.0974 e. The van der Waals surface area contributed by atoms with Crippen molar-refractivity contribution < 1.29 is 9.47 Å². The molecule has 3 aliphatic heterocycles. The lowest BCUT2D eigenvalue weighted by Gasteiger charge is -2.55. The minimum atomic E-state index is -0.0759. The van der Waals surface area contributed by atoms with E-state index in [-0.39, 0.29) is 22.2 Å². The van der Waals surface area contributed by atoms with Crippen LogP contribution in [0.3, 0.4) is 0 Å². The Hall–Kier alpha value is -1.94.